The van der Waals surface area contributed by atoms with E-state index in [0.29, 0.717) is 11.1 Å². The van der Waals surface area contributed by atoms with Crippen molar-refractivity contribution < 1.29 is 0 Å². The van der Waals surface area contributed by atoms with Crippen molar-refractivity contribution in [1.82, 2.24) is 15.1 Å². The van der Waals surface area contributed by atoms with Gasteiger partial charge >= 0.3 is 0 Å². The Hall–Kier alpha value is -0.540. The number of nitrogens with one attached hydrogen (secondary N) is 1. The maximum Gasteiger partial charge on any atom is 0.0785 e. The molecule has 0 bridgehead atoms. The van der Waals surface area contributed by atoms with Gasteiger partial charge in [0.1, 0.15) is 0 Å². The molecule has 3 nitrogen and oxygen atoms in total. The topological polar surface area (TPSA) is 29.9 Å². The number of halogens is 1. The van der Waals surface area contributed by atoms with Crippen LogP contribution in [0.5, 0.6) is 0 Å². The SMILES string of the molecule is CC(C)NCCCCn1cc(Cl)cn1. The molecule has 0 spiro atoms. The summed E-state index contributed by atoms with van der Waals surface area (Å²) in [6, 6.07) is 0.578. The van der Waals surface area contributed by atoms with Crippen LogP contribution in [0.3, 0.4) is 0 Å². The molecule has 0 aliphatic carbocycles. The Kier molecular flexibility index (Phi) is 4.98. The lowest BCUT2D eigenvalue weighted by Crippen LogP contribution is -2.23. The first-order chi connectivity index (χ1) is 6.68. The third-order valence-electron chi connectivity index (χ3n) is 1.97. The Morgan fingerprint density at radius 2 is 2.29 bits per heavy atom. The lowest BCUT2D eigenvalue weighted by Gasteiger charge is -2.07. The van der Waals surface area contributed by atoms with E-state index in [9.17, 15) is 0 Å². The molecule has 0 radical (unpaired) electrons. The van der Waals surface area contributed by atoms with E-state index >= 15 is 0 Å². The van der Waals surface area contributed by atoms with E-state index in [0.717, 1.165) is 19.5 Å². The maximum absolute atomic E-state index is 5.75. The monoisotopic (exact) mass is 215 g/mol. The molecule has 4 heteroatoms. The fourth-order valence-corrected chi connectivity index (χ4v) is 1.41. The van der Waals surface area contributed by atoms with E-state index in [1.165, 1.54) is 6.42 Å². The van der Waals surface area contributed by atoms with Crippen molar-refractivity contribution >= 4 is 11.6 Å². The molecule has 0 atom stereocenters. The summed E-state index contributed by atoms with van der Waals surface area (Å²) in [5.74, 6) is 0. The lowest BCUT2D eigenvalue weighted by molar-refractivity contribution is 0.512. The molecule has 0 amide bonds. The van der Waals surface area contributed by atoms with E-state index in [1.54, 1.807) is 6.20 Å². The van der Waals surface area contributed by atoms with Crippen LogP contribution >= 0.6 is 11.6 Å². The first-order valence-corrected chi connectivity index (χ1v) is 5.47. The third kappa shape index (κ3) is 4.63. The van der Waals surface area contributed by atoms with Gasteiger partial charge in [-0.25, -0.2) is 0 Å². The first kappa shape index (κ1) is 11.5. The van der Waals surface area contributed by atoms with Gasteiger partial charge in [-0.15, -0.1) is 0 Å². The molecule has 0 aliphatic rings. The Labute approximate surface area is 90.4 Å². The molecule has 0 aliphatic heterocycles. The molecule has 1 aromatic heterocycles. The number of hydrogen-bond acceptors (Lipinski definition) is 2. The van der Waals surface area contributed by atoms with Crippen LogP contribution in [0.25, 0.3) is 0 Å². The summed E-state index contributed by atoms with van der Waals surface area (Å²) in [6.07, 6.45) is 5.85. The molecule has 1 rings (SSSR count). The summed E-state index contributed by atoms with van der Waals surface area (Å²) < 4.78 is 1.89. The van der Waals surface area contributed by atoms with E-state index in [1.807, 2.05) is 10.9 Å². The van der Waals surface area contributed by atoms with Crippen molar-refractivity contribution in [2.24, 2.45) is 0 Å². The molecule has 0 aromatic carbocycles. The zero-order chi connectivity index (χ0) is 10.4. The number of unbranched alkanes of at least 4 members (excludes halogenated alkanes) is 1. The summed E-state index contributed by atoms with van der Waals surface area (Å²) in [6.45, 7) is 6.35. The summed E-state index contributed by atoms with van der Waals surface area (Å²) in [4.78, 5) is 0. The molecular formula is C10H18ClN3. The van der Waals surface area contributed by atoms with Crippen LogP contribution in [-0.4, -0.2) is 22.4 Å². The zero-order valence-electron chi connectivity index (χ0n) is 8.83. The molecule has 0 fully saturated rings. The van der Waals surface area contributed by atoms with Gasteiger partial charge in [0, 0.05) is 18.8 Å². The van der Waals surface area contributed by atoms with Gasteiger partial charge in [0.25, 0.3) is 0 Å². The van der Waals surface area contributed by atoms with Crippen molar-refractivity contribution in [2.45, 2.75) is 39.3 Å². The average Bonchev–Trinajstić information content (AvgIpc) is 2.50. The second kappa shape index (κ2) is 6.04. The highest BCUT2D eigenvalue weighted by atomic mass is 35.5. The largest absolute Gasteiger partial charge is 0.315 e. The summed E-state index contributed by atoms with van der Waals surface area (Å²) in [5, 5.41) is 8.21. The molecule has 0 saturated carbocycles. The van der Waals surface area contributed by atoms with E-state index in [2.05, 4.69) is 24.3 Å². The number of nitrogens with zero attached hydrogens (tertiary/aromatic N) is 2. The van der Waals surface area contributed by atoms with Crippen LogP contribution in [0.4, 0.5) is 0 Å². The van der Waals surface area contributed by atoms with Crippen LogP contribution in [0, 0.1) is 0 Å². The lowest BCUT2D eigenvalue weighted by atomic mass is 10.3. The van der Waals surface area contributed by atoms with Gasteiger partial charge in [-0.3, -0.25) is 4.68 Å². The van der Waals surface area contributed by atoms with Gasteiger partial charge in [0.2, 0.25) is 0 Å². The summed E-state index contributed by atoms with van der Waals surface area (Å²) >= 11 is 5.75. The standard InChI is InChI=1S/C10H18ClN3/c1-9(2)12-5-3-4-6-14-8-10(11)7-13-14/h7-9,12H,3-6H2,1-2H3. The van der Waals surface area contributed by atoms with Crippen LogP contribution in [0.2, 0.25) is 5.02 Å². The van der Waals surface area contributed by atoms with Gasteiger partial charge in [0.05, 0.1) is 11.2 Å². The van der Waals surface area contributed by atoms with Gasteiger partial charge in [0.15, 0.2) is 0 Å². The van der Waals surface area contributed by atoms with Crippen LogP contribution in [0.15, 0.2) is 12.4 Å². The predicted molar refractivity (Wildman–Crippen MR) is 59.6 cm³/mol. The van der Waals surface area contributed by atoms with Crippen LogP contribution in [-0.2, 0) is 6.54 Å². The number of rotatable bonds is 6. The van der Waals surface area contributed by atoms with E-state index < -0.39 is 0 Å². The minimum atomic E-state index is 0.578. The molecule has 1 aromatic rings. The van der Waals surface area contributed by atoms with Crippen LogP contribution < -0.4 is 5.32 Å². The highest BCUT2D eigenvalue weighted by molar-refractivity contribution is 6.30. The molecule has 1 N–H and O–H groups in total. The molecule has 14 heavy (non-hydrogen) atoms. The van der Waals surface area contributed by atoms with Crippen LogP contribution in [0.1, 0.15) is 26.7 Å². The summed E-state index contributed by atoms with van der Waals surface area (Å²) in [5.41, 5.74) is 0. The summed E-state index contributed by atoms with van der Waals surface area (Å²) in [7, 11) is 0. The fraction of sp³-hybridized carbons (Fsp3) is 0.700. The molecular weight excluding hydrogens is 198 g/mol. The highest BCUT2D eigenvalue weighted by Crippen LogP contribution is 2.05. The predicted octanol–water partition coefficient (Wildman–Crippen LogP) is 2.31. The Balaban J connectivity index is 2.04. The Morgan fingerprint density at radius 3 is 2.86 bits per heavy atom. The van der Waals surface area contributed by atoms with Gasteiger partial charge in [-0.05, 0) is 19.4 Å². The van der Waals surface area contributed by atoms with Gasteiger partial charge in [-0.2, -0.15) is 5.10 Å². The second-order valence-corrected chi connectivity index (χ2v) is 4.17. The fourth-order valence-electron chi connectivity index (χ4n) is 1.25. The van der Waals surface area contributed by atoms with Crippen molar-refractivity contribution in [1.29, 1.82) is 0 Å². The number of aromatic nitrogens is 2. The zero-order valence-corrected chi connectivity index (χ0v) is 9.59. The van der Waals surface area contributed by atoms with Crippen molar-refractivity contribution in [2.75, 3.05) is 6.54 Å². The minimum Gasteiger partial charge on any atom is -0.315 e. The molecule has 0 saturated heterocycles. The van der Waals surface area contributed by atoms with Gasteiger partial charge < -0.3 is 5.32 Å². The third-order valence-corrected chi connectivity index (χ3v) is 2.16. The number of aryl methyl sites for hydroxylation is 1. The Bertz CT molecular complexity index is 258. The second-order valence-electron chi connectivity index (χ2n) is 3.74. The normalized spacial score (nSPS) is 11.1. The molecule has 1 heterocycles. The van der Waals surface area contributed by atoms with Gasteiger partial charge in [-0.1, -0.05) is 25.4 Å². The molecule has 0 unspecified atom stereocenters. The average molecular weight is 216 g/mol. The van der Waals surface area contributed by atoms with Crippen molar-refractivity contribution in [3.05, 3.63) is 17.4 Å². The smallest absolute Gasteiger partial charge is 0.0785 e. The van der Waals surface area contributed by atoms with E-state index in [-0.39, 0.29) is 0 Å². The first-order valence-electron chi connectivity index (χ1n) is 5.10. The van der Waals surface area contributed by atoms with E-state index in [4.69, 9.17) is 11.6 Å². The maximum atomic E-state index is 5.75. The Morgan fingerprint density at radius 1 is 1.50 bits per heavy atom. The highest BCUT2D eigenvalue weighted by Gasteiger charge is 1.95. The number of hydrogen-bond donors (Lipinski definition) is 1. The quantitative estimate of drug-likeness (QED) is 0.739. The minimum absolute atomic E-state index is 0.578. The van der Waals surface area contributed by atoms with Crippen molar-refractivity contribution in [3.63, 3.8) is 0 Å². The van der Waals surface area contributed by atoms with Crippen molar-refractivity contribution in [3.8, 4) is 0 Å². The molecule has 80 valence electrons.